The highest BCUT2D eigenvalue weighted by Crippen LogP contribution is 2.35. The zero-order valence-electron chi connectivity index (χ0n) is 19.3. The van der Waals surface area contributed by atoms with Crippen molar-refractivity contribution in [2.75, 3.05) is 23.3 Å². The topological polar surface area (TPSA) is 78.5 Å². The van der Waals surface area contributed by atoms with Crippen molar-refractivity contribution < 1.29 is 13.2 Å². The third-order valence-electron chi connectivity index (χ3n) is 6.73. The zero-order valence-corrected chi connectivity index (χ0v) is 20.9. The van der Waals surface area contributed by atoms with Gasteiger partial charge in [-0.05, 0) is 85.7 Å². The van der Waals surface area contributed by atoms with E-state index >= 15 is 0 Å². The van der Waals surface area contributed by atoms with Gasteiger partial charge < -0.3 is 10.2 Å². The molecule has 0 saturated carbocycles. The average molecular weight is 510 g/mol. The number of anilines is 2. The second kappa shape index (κ2) is 10.0. The van der Waals surface area contributed by atoms with E-state index in [1.165, 1.54) is 5.56 Å². The summed E-state index contributed by atoms with van der Waals surface area (Å²) < 4.78 is 30.5. The third kappa shape index (κ3) is 5.22. The quantitative estimate of drug-likeness (QED) is 0.456. The van der Waals surface area contributed by atoms with Crippen molar-refractivity contribution >= 4 is 38.9 Å². The molecule has 8 heteroatoms. The molecule has 2 N–H and O–H groups in total. The van der Waals surface area contributed by atoms with Crippen molar-refractivity contribution in [3.63, 3.8) is 0 Å². The largest absolute Gasteiger partial charge is 0.370 e. The Labute approximate surface area is 211 Å². The average Bonchev–Trinajstić information content (AvgIpc) is 3.39. The lowest BCUT2D eigenvalue weighted by molar-refractivity contribution is 0.102. The van der Waals surface area contributed by atoms with E-state index < -0.39 is 10.0 Å². The number of fused-ring (bicyclic) bond motifs is 1. The number of hydrogen-bond donors (Lipinski definition) is 2. The molecule has 182 valence electrons. The lowest BCUT2D eigenvalue weighted by Gasteiger charge is -2.28. The molecule has 35 heavy (non-hydrogen) atoms. The molecule has 5 rings (SSSR count). The Morgan fingerprint density at radius 1 is 0.943 bits per heavy atom. The number of sulfonamides is 1. The van der Waals surface area contributed by atoms with E-state index in [0.717, 1.165) is 50.8 Å². The molecule has 0 spiro atoms. The van der Waals surface area contributed by atoms with Crippen LogP contribution in [0.3, 0.4) is 0 Å². The van der Waals surface area contributed by atoms with E-state index in [9.17, 15) is 13.2 Å². The molecular weight excluding hydrogens is 482 g/mol. The summed E-state index contributed by atoms with van der Waals surface area (Å²) in [6.07, 6.45) is 4.69. The number of carbonyl (C=O) groups is 1. The van der Waals surface area contributed by atoms with Gasteiger partial charge in [-0.2, -0.15) is 0 Å². The molecule has 1 fully saturated rings. The highest BCUT2D eigenvalue weighted by atomic mass is 35.5. The molecule has 1 heterocycles. The summed E-state index contributed by atoms with van der Waals surface area (Å²) in [5.41, 5.74) is 3.77. The van der Waals surface area contributed by atoms with Gasteiger partial charge in [0.15, 0.2) is 0 Å². The number of hydrogen-bond acceptors (Lipinski definition) is 4. The molecule has 6 nitrogen and oxygen atoms in total. The fourth-order valence-corrected chi connectivity index (χ4v) is 6.58. The lowest BCUT2D eigenvalue weighted by Crippen LogP contribution is -2.32. The predicted molar refractivity (Wildman–Crippen MR) is 140 cm³/mol. The van der Waals surface area contributed by atoms with Crippen LogP contribution in [0.4, 0.5) is 11.4 Å². The van der Waals surface area contributed by atoms with Crippen LogP contribution >= 0.6 is 11.6 Å². The molecular formula is C27H28ClN3O3S. The van der Waals surface area contributed by atoms with E-state index in [2.05, 4.69) is 21.0 Å². The molecule has 1 aliphatic carbocycles. The van der Waals surface area contributed by atoms with Crippen LogP contribution in [0.1, 0.15) is 53.2 Å². The normalized spacial score (nSPS) is 17.7. The Hall–Kier alpha value is -2.87. The highest BCUT2D eigenvalue weighted by molar-refractivity contribution is 7.89. The number of aryl methyl sites for hydroxylation is 1. The second-order valence-electron chi connectivity index (χ2n) is 9.10. The maximum atomic E-state index is 13.8. The van der Waals surface area contributed by atoms with Gasteiger partial charge in [-0.25, -0.2) is 13.1 Å². The first-order valence-corrected chi connectivity index (χ1v) is 13.8. The van der Waals surface area contributed by atoms with Gasteiger partial charge in [-0.15, -0.1) is 0 Å². The lowest BCUT2D eigenvalue weighted by atomic mass is 9.88. The molecule has 0 radical (unpaired) electrons. The van der Waals surface area contributed by atoms with Crippen LogP contribution in [0.5, 0.6) is 0 Å². The van der Waals surface area contributed by atoms with E-state index in [1.807, 2.05) is 18.2 Å². The Balaban J connectivity index is 1.47. The molecule has 1 saturated heterocycles. The van der Waals surface area contributed by atoms with Crippen LogP contribution in [-0.2, 0) is 16.4 Å². The van der Waals surface area contributed by atoms with Gasteiger partial charge in [0.25, 0.3) is 5.91 Å². The first-order valence-electron chi connectivity index (χ1n) is 12.0. The summed E-state index contributed by atoms with van der Waals surface area (Å²) in [6.45, 7) is 1.62. The molecule has 1 aliphatic heterocycles. The molecule has 3 aromatic carbocycles. The Morgan fingerprint density at radius 2 is 1.69 bits per heavy atom. The van der Waals surface area contributed by atoms with E-state index in [-0.39, 0.29) is 16.8 Å². The van der Waals surface area contributed by atoms with Crippen molar-refractivity contribution in [3.05, 3.63) is 88.4 Å². The van der Waals surface area contributed by atoms with Crippen molar-refractivity contribution in [2.45, 2.75) is 43.0 Å². The van der Waals surface area contributed by atoms with E-state index in [4.69, 9.17) is 11.6 Å². The van der Waals surface area contributed by atoms with Gasteiger partial charge in [0, 0.05) is 35.4 Å². The molecule has 1 amide bonds. The smallest absolute Gasteiger partial charge is 0.255 e. The van der Waals surface area contributed by atoms with Gasteiger partial charge in [0.05, 0.1) is 5.69 Å². The van der Waals surface area contributed by atoms with Gasteiger partial charge in [-0.1, -0.05) is 35.9 Å². The van der Waals surface area contributed by atoms with Crippen LogP contribution in [0.25, 0.3) is 0 Å². The molecule has 2 aliphatic rings. The summed E-state index contributed by atoms with van der Waals surface area (Å²) in [6, 6.07) is 19.4. The molecule has 1 atom stereocenters. The summed E-state index contributed by atoms with van der Waals surface area (Å²) in [5, 5.41) is 3.38. The fraction of sp³-hybridized carbons (Fsp3) is 0.296. The Morgan fingerprint density at radius 3 is 2.46 bits per heavy atom. The highest BCUT2D eigenvalue weighted by Gasteiger charge is 2.29. The van der Waals surface area contributed by atoms with Gasteiger partial charge in [0.2, 0.25) is 10.0 Å². The SMILES string of the molecule is O=C(Nc1ccc(N2CCCC2)c(S(=O)(=O)N[C@H]2CCCc3ccccc32)c1)c1ccc(Cl)cc1. The minimum atomic E-state index is -3.86. The fourth-order valence-electron chi connectivity index (χ4n) is 4.96. The Bertz CT molecular complexity index is 1340. The third-order valence-corrected chi connectivity index (χ3v) is 8.48. The minimum absolute atomic E-state index is 0.191. The first kappa shape index (κ1) is 23.9. The maximum Gasteiger partial charge on any atom is 0.255 e. The van der Waals surface area contributed by atoms with Crippen LogP contribution in [0, 0.1) is 0 Å². The standard InChI is InChI=1S/C27H28ClN3O3S/c28-21-12-10-20(11-13-21)27(32)29-22-14-15-25(31-16-3-4-17-31)26(18-22)35(33,34)30-24-9-5-7-19-6-1-2-8-23(19)24/h1-2,6,8,10-15,18,24,30H,3-5,7,9,16-17H2,(H,29,32)/t24-/m0/s1. The van der Waals surface area contributed by atoms with Crippen LogP contribution in [0.2, 0.25) is 5.02 Å². The van der Waals surface area contributed by atoms with Gasteiger partial charge in [0.1, 0.15) is 4.90 Å². The number of benzene rings is 3. The number of rotatable bonds is 6. The molecule has 0 bridgehead atoms. The van der Waals surface area contributed by atoms with Crippen molar-refractivity contribution in [1.82, 2.24) is 4.72 Å². The van der Waals surface area contributed by atoms with Crippen molar-refractivity contribution in [3.8, 4) is 0 Å². The van der Waals surface area contributed by atoms with Crippen LogP contribution < -0.4 is 14.9 Å². The van der Waals surface area contributed by atoms with Crippen LogP contribution in [-0.4, -0.2) is 27.4 Å². The van der Waals surface area contributed by atoms with Crippen LogP contribution in [0.15, 0.2) is 71.6 Å². The molecule has 3 aromatic rings. The maximum absolute atomic E-state index is 13.8. The summed E-state index contributed by atoms with van der Waals surface area (Å²) in [7, 11) is -3.86. The molecule has 0 aromatic heterocycles. The van der Waals surface area contributed by atoms with E-state index in [1.54, 1.807) is 42.5 Å². The minimum Gasteiger partial charge on any atom is -0.370 e. The van der Waals surface area contributed by atoms with Crippen molar-refractivity contribution in [2.24, 2.45) is 0 Å². The summed E-state index contributed by atoms with van der Waals surface area (Å²) in [5.74, 6) is -0.326. The van der Waals surface area contributed by atoms with Gasteiger partial charge in [-0.3, -0.25) is 4.79 Å². The predicted octanol–water partition coefficient (Wildman–Crippen LogP) is 5.55. The summed E-state index contributed by atoms with van der Waals surface area (Å²) >= 11 is 5.93. The van der Waals surface area contributed by atoms with Crippen molar-refractivity contribution in [1.29, 1.82) is 0 Å². The zero-order chi connectivity index (χ0) is 24.4. The summed E-state index contributed by atoms with van der Waals surface area (Å²) in [4.78, 5) is 15.0. The number of halogens is 1. The number of amides is 1. The number of nitrogens with zero attached hydrogens (tertiary/aromatic N) is 1. The molecule has 0 unspecified atom stereocenters. The number of carbonyl (C=O) groups excluding carboxylic acids is 1. The second-order valence-corrected chi connectivity index (χ2v) is 11.2. The first-order chi connectivity index (χ1) is 16.9. The van der Waals surface area contributed by atoms with E-state index in [0.29, 0.717) is 22.0 Å². The number of nitrogens with one attached hydrogen (secondary N) is 2. The monoisotopic (exact) mass is 509 g/mol. The Kier molecular flexibility index (Phi) is 6.82. The van der Waals surface area contributed by atoms with Gasteiger partial charge >= 0.3 is 0 Å².